The van der Waals surface area contributed by atoms with Crippen molar-refractivity contribution in [2.24, 2.45) is 51.8 Å². The number of carbonyl (C=O) groups is 1. The summed E-state index contributed by atoms with van der Waals surface area (Å²) in [6.07, 6.45) is 16.0. The normalized spacial score (nSPS) is 50.8. The molecule has 3 heteroatoms. The zero-order chi connectivity index (χ0) is 22.9. The van der Waals surface area contributed by atoms with Crippen LogP contribution in [-0.4, -0.2) is 25.3 Å². The number of allylic oxidation sites excluding steroid dienone is 1. The minimum Gasteiger partial charge on any atom is -0.458 e. The maximum absolute atomic E-state index is 12.1. The predicted octanol–water partition coefficient (Wildman–Crippen LogP) is 6.80. The fourth-order valence-corrected chi connectivity index (χ4v) is 10.5. The van der Waals surface area contributed by atoms with Gasteiger partial charge in [0, 0.05) is 24.9 Å². The zero-order valence-electron chi connectivity index (χ0n) is 21.4. The molecule has 0 amide bonds. The molecule has 5 fully saturated rings. The quantitative estimate of drug-likeness (QED) is 0.335. The van der Waals surface area contributed by atoms with Crippen LogP contribution in [0.25, 0.3) is 0 Å². The SMILES string of the molecule is C/C=C\[C@H](OC(=O)CC)[C@@H](C)[C@H]1CC[C@H]2[C@@H]3C[C@@H](OC)[C@]45C[C@@H]4CC[C@]5(C)[C@H]3CC[C@]12C. The Morgan fingerprint density at radius 3 is 2.56 bits per heavy atom. The Labute approximate surface area is 196 Å². The summed E-state index contributed by atoms with van der Waals surface area (Å²) in [5.74, 6) is 4.36. The van der Waals surface area contributed by atoms with Crippen molar-refractivity contribution in [1.82, 2.24) is 0 Å². The number of methoxy groups -OCH3 is 1. The fraction of sp³-hybridized carbons (Fsp3) is 0.897. The molecule has 5 aliphatic carbocycles. The van der Waals surface area contributed by atoms with Crippen LogP contribution in [0.15, 0.2) is 12.2 Å². The molecule has 32 heavy (non-hydrogen) atoms. The lowest BCUT2D eigenvalue weighted by Crippen LogP contribution is -2.57. The number of fused-ring (bicyclic) bond motifs is 4. The molecule has 0 aromatic carbocycles. The minimum absolute atomic E-state index is 0.0722. The maximum Gasteiger partial charge on any atom is 0.306 e. The largest absolute Gasteiger partial charge is 0.458 e. The van der Waals surface area contributed by atoms with Gasteiger partial charge in [-0.15, -0.1) is 0 Å². The van der Waals surface area contributed by atoms with Crippen molar-refractivity contribution in [2.45, 2.75) is 105 Å². The lowest BCUT2D eigenvalue weighted by atomic mass is 9.45. The first-order chi connectivity index (χ1) is 15.3. The molecule has 180 valence electrons. The van der Waals surface area contributed by atoms with Gasteiger partial charge >= 0.3 is 5.97 Å². The number of rotatable bonds is 6. The molecule has 3 nitrogen and oxygen atoms in total. The van der Waals surface area contributed by atoms with Crippen LogP contribution >= 0.6 is 0 Å². The van der Waals surface area contributed by atoms with E-state index in [9.17, 15) is 4.79 Å². The van der Waals surface area contributed by atoms with Gasteiger partial charge in [-0.05, 0) is 105 Å². The van der Waals surface area contributed by atoms with Gasteiger partial charge in [0.25, 0.3) is 0 Å². The van der Waals surface area contributed by atoms with Gasteiger partial charge < -0.3 is 9.47 Å². The van der Waals surface area contributed by atoms with E-state index in [1.165, 1.54) is 51.4 Å². The highest BCUT2D eigenvalue weighted by Gasteiger charge is 2.77. The standard InChI is InChI=1S/C29H46O3/c1-7-9-24(32-26(30)8-2)18(3)21-10-11-22-20-16-25(31-6)29-17-19(29)12-15-28(29,5)23(20)13-14-27(21,22)4/h7,9,18-25H,8,10-17H2,1-6H3/b9-7-/t18-,19-,20-,21+,22-,23-,24-,25+,27+,28+,29-/m0/s1. The highest BCUT2D eigenvalue weighted by atomic mass is 16.5. The fourth-order valence-electron chi connectivity index (χ4n) is 10.5. The summed E-state index contributed by atoms with van der Waals surface area (Å²) >= 11 is 0. The molecule has 11 atom stereocenters. The van der Waals surface area contributed by atoms with Crippen molar-refractivity contribution in [1.29, 1.82) is 0 Å². The maximum atomic E-state index is 12.1. The predicted molar refractivity (Wildman–Crippen MR) is 128 cm³/mol. The van der Waals surface area contributed by atoms with E-state index in [0.29, 0.717) is 40.6 Å². The molecule has 0 radical (unpaired) electrons. The molecule has 0 saturated heterocycles. The van der Waals surface area contributed by atoms with E-state index in [0.717, 1.165) is 23.7 Å². The summed E-state index contributed by atoms with van der Waals surface area (Å²) in [6, 6.07) is 0. The molecule has 0 aromatic rings. The second-order valence-corrected chi connectivity index (χ2v) is 12.7. The summed E-state index contributed by atoms with van der Waals surface area (Å²) in [5.41, 5.74) is 1.36. The van der Waals surface area contributed by atoms with Crippen molar-refractivity contribution in [3.8, 4) is 0 Å². The number of carbonyl (C=O) groups excluding carboxylic acids is 1. The molecule has 0 unspecified atom stereocenters. The second-order valence-electron chi connectivity index (χ2n) is 12.7. The zero-order valence-corrected chi connectivity index (χ0v) is 21.4. The summed E-state index contributed by atoms with van der Waals surface area (Å²) in [4.78, 5) is 12.1. The molecule has 5 rings (SSSR count). The van der Waals surface area contributed by atoms with Crippen LogP contribution in [0.4, 0.5) is 0 Å². The van der Waals surface area contributed by atoms with Gasteiger partial charge in [0.05, 0.1) is 6.10 Å². The molecule has 0 aliphatic heterocycles. The molecule has 0 aromatic heterocycles. The third-order valence-corrected chi connectivity index (χ3v) is 12.0. The van der Waals surface area contributed by atoms with Crippen LogP contribution < -0.4 is 0 Å². The van der Waals surface area contributed by atoms with Gasteiger partial charge in [-0.2, -0.15) is 0 Å². The number of hydrogen-bond donors (Lipinski definition) is 0. The third kappa shape index (κ3) is 2.91. The molecular formula is C29H46O3. The van der Waals surface area contributed by atoms with E-state index >= 15 is 0 Å². The van der Waals surface area contributed by atoms with Crippen molar-refractivity contribution in [2.75, 3.05) is 7.11 Å². The van der Waals surface area contributed by atoms with E-state index in [-0.39, 0.29) is 12.1 Å². The average Bonchev–Trinajstić information content (AvgIpc) is 3.29. The van der Waals surface area contributed by atoms with Crippen molar-refractivity contribution < 1.29 is 14.3 Å². The highest BCUT2D eigenvalue weighted by Crippen LogP contribution is 2.82. The van der Waals surface area contributed by atoms with Gasteiger partial charge in [-0.3, -0.25) is 4.79 Å². The number of ether oxygens (including phenoxy) is 2. The monoisotopic (exact) mass is 442 g/mol. The molecular weight excluding hydrogens is 396 g/mol. The van der Waals surface area contributed by atoms with Crippen molar-refractivity contribution in [3.63, 3.8) is 0 Å². The van der Waals surface area contributed by atoms with E-state index in [1.807, 2.05) is 21.0 Å². The van der Waals surface area contributed by atoms with Crippen LogP contribution in [0.3, 0.4) is 0 Å². The number of esters is 1. The molecule has 0 N–H and O–H groups in total. The summed E-state index contributed by atoms with van der Waals surface area (Å²) < 4.78 is 12.2. The van der Waals surface area contributed by atoms with Crippen LogP contribution in [-0.2, 0) is 14.3 Å². The van der Waals surface area contributed by atoms with Gasteiger partial charge in [-0.25, -0.2) is 0 Å². The van der Waals surface area contributed by atoms with E-state index in [4.69, 9.17) is 9.47 Å². The van der Waals surface area contributed by atoms with Crippen molar-refractivity contribution in [3.05, 3.63) is 12.2 Å². The minimum atomic E-state index is -0.0910. The summed E-state index contributed by atoms with van der Waals surface area (Å²) in [6.45, 7) is 11.5. The van der Waals surface area contributed by atoms with Crippen LogP contribution in [0.5, 0.6) is 0 Å². The summed E-state index contributed by atoms with van der Waals surface area (Å²) in [5, 5.41) is 0. The van der Waals surface area contributed by atoms with E-state index < -0.39 is 0 Å². The number of hydrogen-bond acceptors (Lipinski definition) is 3. The van der Waals surface area contributed by atoms with Crippen molar-refractivity contribution >= 4 is 5.97 Å². The Morgan fingerprint density at radius 1 is 1.12 bits per heavy atom. The van der Waals surface area contributed by atoms with E-state index in [2.05, 4.69) is 32.9 Å². The Hall–Kier alpha value is -0.830. The van der Waals surface area contributed by atoms with E-state index in [1.54, 1.807) is 0 Å². The lowest BCUT2D eigenvalue weighted by Gasteiger charge is -2.61. The lowest BCUT2D eigenvalue weighted by molar-refractivity contribution is -0.165. The molecule has 1 spiro atoms. The molecule has 5 saturated carbocycles. The average molecular weight is 443 g/mol. The topological polar surface area (TPSA) is 35.5 Å². The highest BCUT2D eigenvalue weighted by molar-refractivity contribution is 5.69. The third-order valence-electron chi connectivity index (χ3n) is 12.0. The van der Waals surface area contributed by atoms with Crippen LogP contribution in [0, 0.1) is 51.8 Å². The second kappa shape index (κ2) is 7.85. The molecule has 0 heterocycles. The van der Waals surface area contributed by atoms with Gasteiger partial charge in [0.1, 0.15) is 6.10 Å². The Morgan fingerprint density at radius 2 is 1.91 bits per heavy atom. The van der Waals surface area contributed by atoms with Gasteiger partial charge in [0.2, 0.25) is 0 Å². The Kier molecular flexibility index (Phi) is 5.63. The van der Waals surface area contributed by atoms with Crippen LogP contribution in [0.1, 0.15) is 92.4 Å². The Bertz CT molecular complexity index is 774. The van der Waals surface area contributed by atoms with Gasteiger partial charge in [-0.1, -0.05) is 33.8 Å². The first-order valence-corrected chi connectivity index (χ1v) is 13.6. The Balaban J connectivity index is 1.40. The first kappa shape index (κ1) is 22.9. The molecule has 0 bridgehead atoms. The first-order valence-electron chi connectivity index (χ1n) is 13.6. The summed E-state index contributed by atoms with van der Waals surface area (Å²) in [7, 11) is 1.99. The molecule has 5 aliphatic rings. The van der Waals surface area contributed by atoms with Crippen LogP contribution in [0.2, 0.25) is 0 Å². The van der Waals surface area contributed by atoms with Gasteiger partial charge in [0.15, 0.2) is 0 Å². The smallest absolute Gasteiger partial charge is 0.306 e.